The molecular formula is C26H40N2O2. The summed E-state index contributed by atoms with van der Waals surface area (Å²) in [6.45, 7) is 25.0. The average Bonchev–Trinajstić information content (AvgIpc) is 2.51. The van der Waals surface area contributed by atoms with E-state index in [-0.39, 0.29) is 33.2 Å². The van der Waals surface area contributed by atoms with Crippen LogP contribution in [0.4, 0.5) is 0 Å². The molecule has 2 aromatic heterocycles. The molecule has 0 radical (unpaired) electrons. The van der Waals surface area contributed by atoms with E-state index in [1.807, 2.05) is 12.1 Å². The number of aromatic hydroxyl groups is 2. The van der Waals surface area contributed by atoms with Crippen molar-refractivity contribution in [2.45, 2.75) is 105 Å². The maximum Gasteiger partial charge on any atom is 0.147 e. The number of hydrogen-bond donors (Lipinski definition) is 2. The van der Waals surface area contributed by atoms with Crippen LogP contribution in [0.15, 0.2) is 12.1 Å². The lowest BCUT2D eigenvalue weighted by Crippen LogP contribution is -2.21. The summed E-state index contributed by atoms with van der Waals surface area (Å²) in [5.41, 5.74) is 3.02. The highest BCUT2D eigenvalue weighted by atomic mass is 16.3. The first-order valence-electron chi connectivity index (χ1n) is 10.7. The van der Waals surface area contributed by atoms with Crippen LogP contribution in [0.25, 0.3) is 11.4 Å². The lowest BCUT2D eigenvalue weighted by atomic mass is 9.80. The molecule has 0 bridgehead atoms. The maximum atomic E-state index is 11.3. The summed E-state index contributed by atoms with van der Waals surface area (Å²) < 4.78 is 0. The zero-order valence-electron chi connectivity index (χ0n) is 20.9. The smallest absolute Gasteiger partial charge is 0.147 e. The van der Waals surface area contributed by atoms with E-state index in [4.69, 9.17) is 9.97 Å². The highest BCUT2D eigenvalue weighted by Crippen LogP contribution is 2.45. The molecule has 0 aliphatic carbocycles. The summed E-state index contributed by atoms with van der Waals surface area (Å²) in [4.78, 5) is 9.65. The Labute approximate surface area is 182 Å². The lowest BCUT2D eigenvalue weighted by molar-refractivity contribution is 0.432. The number of aromatic nitrogens is 2. The van der Waals surface area contributed by atoms with Crippen LogP contribution in [0.5, 0.6) is 11.5 Å². The second-order valence-electron chi connectivity index (χ2n) is 12.5. The first-order chi connectivity index (χ1) is 13.2. The molecular weight excluding hydrogens is 372 g/mol. The van der Waals surface area contributed by atoms with Crippen molar-refractivity contribution in [1.29, 1.82) is 0 Å². The molecule has 0 amide bonds. The molecule has 4 nitrogen and oxygen atoms in total. The van der Waals surface area contributed by atoms with Gasteiger partial charge in [0, 0.05) is 33.3 Å². The summed E-state index contributed by atoms with van der Waals surface area (Å²) in [5.74, 6) is 0.174. The Kier molecular flexibility index (Phi) is 5.84. The van der Waals surface area contributed by atoms with Crippen molar-refractivity contribution in [3.63, 3.8) is 0 Å². The number of rotatable bonds is 1. The predicted octanol–water partition coefficient (Wildman–Crippen LogP) is 6.74. The van der Waals surface area contributed by atoms with E-state index >= 15 is 0 Å². The Balaban J connectivity index is 3.03. The largest absolute Gasteiger partial charge is 0.505 e. The molecule has 2 rings (SSSR count). The van der Waals surface area contributed by atoms with Crippen LogP contribution in [0.2, 0.25) is 0 Å². The van der Waals surface area contributed by atoms with E-state index in [1.54, 1.807) is 0 Å². The van der Waals surface area contributed by atoms with Crippen LogP contribution >= 0.6 is 0 Å². The molecule has 0 saturated heterocycles. The van der Waals surface area contributed by atoms with E-state index in [1.165, 1.54) is 0 Å². The SMILES string of the molecule is CC(C)(C)c1cc(C(C)(C)C)c(O)c(-c2nc(C(C)(C)C)cc(C(C)(C)C)c2O)n1. The molecule has 0 fully saturated rings. The highest BCUT2D eigenvalue weighted by molar-refractivity contribution is 5.73. The van der Waals surface area contributed by atoms with Gasteiger partial charge in [-0.3, -0.25) is 0 Å². The summed E-state index contributed by atoms with van der Waals surface area (Å²) in [6.07, 6.45) is 0. The minimum atomic E-state index is -0.286. The van der Waals surface area contributed by atoms with Gasteiger partial charge in [0.25, 0.3) is 0 Å². The molecule has 0 spiro atoms. The van der Waals surface area contributed by atoms with Gasteiger partial charge in [-0.05, 0) is 23.0 Å². The van der Waals surface area contributed by atoms with Crippen molar-refractivity contribution in [2.75, 3.05) is 0 Å². The van der Waals surface area contributed by atoms with Gasteiger partial charge in [0.1, 0.15) is 22.9 Å². The van der Waals surface area contributed by atoms with Crippen LogP contribution in [0.3, 0.4) is 0 Å². The Morgan fingerprint density at radius 2 is 0.767 bits per heavy atom. The summed E-state index contributed by atoms with van der Waals surface area (Å²) in [5, 5.41) is 22.5. The van der Waals surface area contributed by atoms with Crippen LogP contribution in [-0.2, 0) is 21.7 Å². The molecule has 0 atom stereocenters. The van der Waals surface area contributed by atoms with Gasteiger partial charge >= 0.3 is 0 Å². The lowest BCUT2D eigenvalue weighted by Gasteiger charge is -2.29. The second kappa shape index (κ2) is 7.25. The molecule has 166 valence electrons. The Bertz CT molecular complexity index is 868. The van der Waals surface area contributed by atoms with Crippen LogP contribution < -0.4 is 0 Å². The second-order valence-corrected chi connectivity index (χ2v) is 12.5. The average molecular weight is 413 g/mol. The van der Waals surface area contributed by atoms with Gasteiger partial charge in [0.05, 0.1) is 0 Å². The molecule has 2 N–H and O–H groups in total. The van der Waals surface area contributed by atoms with Crippen molar-refractivity contribution in [3.8, 4) is 22.9 Å². The van der Waals surface area contributed by atoms with Crippen molar-refractivity contribution in [2.24, 2.45) is 0 Å². The Morgan fingerprint density at radius 3 is 0.967 bits per heavy atom. The van der Waals surface area contributed by atoms with Gasteiger partial charge in [0.2, 0.25) is 0 Å². The summed E-state index contributed by atoms with van der Waals surface area (Å²) >= 11 is 0. The quantitative estimate of drug-likeness (QED) is 0.544. The van der Waals surface area contributed by atoms with Gasteiger partial charge in [-0.1, -0.05) is 83.1 Å². The van der Waals surface area contributed by atoms with Gasteiger partial charge < -0.3 is 10.2 Å². The first-order valence-corrected chi connectivity index (χ1v) is 10.7. The Morgan fingerprint density at radius 1 is 0.500 bits per heavy atom. The fourth-order valence-corrected chi connectivity index (χ4v) is 3.32. The molecule has 0 aliphatic heterocycles. The van der Waals surface area contributed by atoms with Crippen LogP contribution in [-0.4, -0.2) is 20.2 Å². The summed E-state index contributed by atoms with van der Waals surface area (Å²) in [6, 6.07) is 3.96. The van der Waals surface area contributed by atoms with E-state index in [0.29, 0.717) is 11.4 Å². The normalized spacial score (nSPS) is 13.6. The van der Waals surface area contributed by atoms with Gasteiger partial charge in [-0.25, -0.2) is 9.97 Å². The Hall–Kier alpha value is -2.10. The van der Waals surface area contributed by atoms with Gasteiger partial charge in [-0.15, -0.1) is 0 Å². The summed E-state index contributed by atoms with van der Waals surface area (Å²) in [7, 11) is 0. The molecule has 30 heavy (non-hydrogen) atoms. The van der Waals surface area contributed by atoms with Crippen LogP contribution in [0, 0.1) is 0 Å². The van der Waals surface area contributed by atoms with Crippen molar-refractivity contribution in [1.82, 2.24) is 9.97 Å². The number of pyridine rings is 2. The van der Waals surface area contributed by atoms with E-state index < -0.39 is 0 Å². The molecule has 2 aromatic rings. The molecule has 0 unspecified atom stereocenters. The third-order valence-electron chi connectivity index (χ3n) is 5.36. The van der Waals surface area contributed by atoms with Gasteiger partial charge in [0.15, 0.2) is 0 Å². The molecule has 0 aliphatic rings. The molecule has 0 saturated carbocycles. The van der Waals surface area contributed by atoms with E-state index in [2.05, 4.69) is 83.1 Å². The van der Waals surface area contributed by atoms with E-state index in [0.717, 1.165) is 22.5 Å². The molecule has 2 heterocycles. The maximum absolute atomic E-state index is 11.3. The van der Waals surface area contributed by atoms with Crippen molar-refractivity contribution in [3.05, 3.63) is 34.6 Å². The monoisotopic (exact) mass is 412 g/mol. The topological polar surface area (TPSA) is 66.2 Å². The number of nitrogens with zero attached hydrogens (tertiary/aromatic N) is 2. The molecule has 0 aromatic carbocycles. The predicted molar refractivity (Wildman–Crippen MR) is 126 cm³/mol. The fourth-order valence-electron chi connectivity index (χ4n) is 3.32. The molecule has 4 heteroatoms. The number of hydrogen-bond acceptors (Lipinski definition) is 4. The van der Waals surface area contributed by atoms with Crippen LogP contribution in [0.1, 0.15) is 106 Å². The van der Waals surface area contributed by atoms with Gasteiger partial charge in [-0.2, -0.15) is 0 Å². The minimum absolute atomic E-state index is 0.0872. The minimum Gasteiger partial charge on any atom is -0.505 e. The third kappa shape index (κ3) is 4.79. The zero-order valence-corrected chi connectivity index (χ0v) is 20.9. The van der Waals surface area contributed by atoms with Crippen molar-refractivity contribution >= 4 is 0 Å². The standard InChI is InChI=1S/C26H40N2O2/c1-23(2,3)15-13-17(25(7,8)9)27-19(21(15)29)20-22(30)16(24(4,5)6)14-18(28-20)26(10,11)12/h13-14,29-30H,1-12H3. The fraction of sp³-hybridized carbons (Fsp3) is 0.615. The third-order valence-corrected chi connectivity index (χ3v) is 5.36. The zero-order chi connectivity index (χ0) is 23.4. The van der Waals surface area contributed by atoms with Crippen molar-refractivity contribution < 1.29 is 10.2 Å². The highest BCUT2D eigenvalue weighted by Gasteiger charge is 2.31. The first kappa shape index (κ1) is 24.2. The van der Waals surface area contributed by atoms with E-state index in [9.17, 15) is 10.2 Å².